The Morgan fingerprint density at radius 3 is 2.95 bits per heavy atom. The number of fused-ring (bicyclic) bond motifs is 2. The monoisotopic (exact) mass is 256 g/mol. The van der Waals surface area contributed by atoms with Crippen LogP contribution in [-0.4, -0.2) is 17.1 Å². The summed E-state index contributed by atoms with van der Waals surface area (Å²) >= 11 is 0. The number of H-pyrrole nitrogens is 1. The van der Waals surface area contributed by atoms with E-state index in [-0.39, 0.29) is 0 Å². The number of nitrogens with one attached hydrogen (secondary N) is 3. The first-order chi connectivity index (χ1) is 9.33. The number of aromatic nitrogens is 1. The number of rotatable bonds is 1. The Hall–Kier alpha value is -1.36. The lowest BCUT2D eigenvalue weighted by Gasteiger charge is -2.31. The van der Waals surface area contributed by atoms with Crippen molar-refractivity contribution in [1.29, 1.82) is 0 Å². The third-order valence-electron chi connectivity index (χ3n) is 4.75. The molecule has 4 nitrogen and oxygen atoms in total. The second-order valence-corrected chi connectivity index (χ2v) is 5.90. The van der Waals surface area contributed by atoms with Crippen LogP contribution in [-0.2, 0) is 0 Å². The van der Waals surface area contributed by atoms with Crippen molar-refractivity contribution in [2.24, 2.45) is 11.7 Å². The second kappa shape index (κ2) is 4.34. The molecule has 0 bridgehead atoms. The van der Waals surface area contributed by atoms with Crippen molar-refractivity contribution in [3.05, 3.63) is 36.0 Å². The molecule has 0 radical (unpaired) electrons. The van der Waals surface area contributed by atoms with Crippen LogP contribution in [0, 0.1) is 5.92 Å². The minimum atomic E-state index is 0.357. The summed E-state index contributed by atoms with van der Waals surface area (Å²) in [6.45, 7) is 0. The maximum absolute atomic E-state index is 6.16. The van der Waals surface area contributed by atoms with Gasteiger partial charge in [-0.05, 0) is 36.8 Å². The van der Waals surface area contributed by atoms with Gasteiger partial charge in [0.25, 0.3) is 0 Å². The molecule has 1 saturated heterocycles. The zero-order valence-corrected chi connectivity index (χ0v) is 10.9. The predicted octanol–water partition coefficient (Wildman–Crippen LogP) is 1.81. The van der Waals surface area contributed by atoms with Gasteiger partial charge in [-0.2, -0.15) is 0 Å². The minimum Gasteiger partial charge on any atom is -0.361 e. The Balaban J connectivity index is 1.72. The van der Waals surface area contributed by atoms with Crippen molar-refractivity contribution in [2.75, 3.05) is 0 Å². The Kier molecular flexibility index (Phi) is 2.62. The number of para-hydroxylation sites is 1. The van der Waals surface area contributed by atoms with Gasteiger partial charge in [0.2, 0.25) is 0 Å². The van der Waals surface area contributed by atoms with Crippen LogP contribution in [0.2, 0.25) is 0 Å². The van der Waals surface area contributed by atoms with Crippen molar-refractivity contribution in [1.82, 2.24) is 15.8 Å². The minimum absolute atomic E-state index is 0.357. The van der Waals surface area contributed by atoms with Crippen molar-refractivity contribution < 1.29 is 0 Å². The molecule has 4 atom stereocenters. The smallest absolute Gasteiger partial charge is 0.0527 e. The molecule has 2 heterocycles. The second-order valence-electron chi connectivity index (χ2n) is 5.90. The highest BCUT2D eigenvalue weighted by atomic mass is 15.4. The quantitative estimate of drug-likeness (QED) is 0.629. The van der Waals surface area contributed by atoms with E-state index in [1.807, 2.05) is 0 Å². The van der Waals surface area contributed by atoms with Gasteiger partial charge in [0, 0.05) is 29.2 Å². The molecule has 19 heavy (non-hydrogen) atoms. The lowest BCUT2D eigenvalue weighted by atomic mass is 9.77. The normalized spacial score (nSPS) is 34.6. The van der Waals surface area contributed by atoms with Gasteiger partial charge in [-0.25, -0.2) is 5.43 Å². The van der Waals surface area contributed by atoms with E-state index in [1.165, 1.54) is 22.9 Å². The number of benzene rings is 1. The number of hydrogen-bond donors (Lipinski definition) is 4. The molecule has 0 spiro atoms. The van der Waals surface area contributed by atoms with Crippen molar-refractivity contribution in [2.45, 2.75) is 37.4 Å². The number of nitrogens with two attached hydrogens (primary N) is 1. The fourth-order valence-corrected chi connectivity index (χ4v) is 3.75. The molecule has 1 saturated carbocycles. The first-order valence-corrected chi connectivity index (χ1v) is 7.15. The molecule has 5 N–H and O–H groups in total. The van der Waals surface area contributed by atoms with Crippen LogP contribution in [0.25, 0.3) is 10.9 Å². The average molecular weight is 256 g/mol. The maximum Gasteiger partial charge on any atom is 0.0527 e. The largest absolute Gasteiger partial charge is 0.361 e. The first kappa shape index (κ1) is 11.5. The van der Waals surface area contributed by atoms with E-state index in [1.54, 1.807) is 0 Å². The lowest BCUT2D eigenvalue weighted by Crippen LogP contribution is -2.39. The molecular formula is C15H20N4. The van der Waals surface area contributed by atoms with Gasteiger partial charge in [0.15, 0.2) is 0 Å². The molecule has 100 valence electrons. The highest BCUT2D eigenvalue weighted by Crippen LogP contribution is 2.39. The third kappa shape index (κ3) is 1.79. The molecule has 1 aromatic heterocycles. The van der Waals surface area contributed by atoms with Crippen molar-refractivity contribution in [3.63, 3.8) is 0 Å². The molecule has 2 fully saturated rings. The van der Waals surface area contributed by atoms with Gasteiger partial charge in [-0.15, -0.1) is 0 Å². The summed E-state index contributed by atoms with van der Waals surface area (Å²) in [6.07, 6.45) is 5.56. The average Bonchev–Trinajstić information content (AvgIpc) is 3.01. The molecule has 2 aromatic rings. The fourth-order valence-electron chi connectivity index (χ4n) is 3.75. The zero-order chi connectivity index (χ0) is 12.8. The zero-order valence-electron chi connectivity index (χ0n) is 10.9. The summed E-state index contributed by atoms with van der Waals surface area (Å²) in [5.41, 5.74) is 15.7. The van der Waals surface area contributed by atoms with Crippen LogP contribution in [0.1, 0.15) is 30.9 Å². The SMILES string of the molecule is NC1CCC2NNC(c3c[nH]c4ccccc34)C2C1. The van der Waals surface area contributed by atoms with Crippen molar-refractivity contribution >= 4 is 10.9 Å². The third-order valence-corrected chi connectivity index (χ3v) is 4.75. The molecule has 0 amide bonds. The highest BCUT2D eigenvalue weighted by Gasteiger charge is 2.40. The lowest BCUT2D eigenvalue weighted by molar-refractivity contribution is 0.279. The molecule has 1 aromatic carbocycles. The Labute approximate surface area is 112 Å². The number of hydrogen-bond acceptors (Lipinski definition) is 3. The van der Waals surface area contributed by atoms with Gasteiger partial charge in [0.05, 0.1) is 6.04 Å². The van der Waals surface area contributed by atoms with Crippen LogP contribution in [0.15, 0.2) is 30.5 Å². The molecule has 1 aliphatic carbocycles. The van der Waals surface area contributed by atoms with Gasteiger partial charge in [0.1, 0.15) is 0 Å². The van der Waals surface area contributed by atoms with Crippen molar-refractivity contribution in [3.8, 4) is 0 Å². The van der Waals surface area contributed by atoms with Gasteiger partial charge >= 0.3 is 0 Å². The molecule has 4 heteroatoms. The van der Waals surface area contributed by atoms with Crippen LogP contribution in [0.5, 0.6) is 0 Å². The summed E-state index contributed by atoms with van der Waals surface area (Å²) < 4.78 is 0. The molecular weight excluding hydrogens is 236 g/mol. The standard InChI is InChI=1S/C15H20N4/c16-9-5-6-14-11(7-9)15(19-18-14)12-8-17-13-4-2-1-3-10(12)13/h1-4,8-9,11,14-15,17-19H,5-7,16H2. The Morgan fingerprint density at radius 1 is 1.11 bits per heavy atom. The van der Waals surface area contributed by atoms with E-state index in [4.69, 9.17) is 5.73 Å². The topological polar surface area (TPSA) is 65.9 Å². The highest BCUT2D eigenvalue weighted by molar-refractivity contribution is 5.83. The van der Waals surface area contributed by atoms with Gasteiger partial charge < -0.3 is 10.7 Å². The van der Waals surface area contributed by atoms with E-state index in [2.05, 4.69) is 46.3 Å². The van der Waals surface area contributed by atoms with Gasteiger partial charge in [-0.3, -0.25) is 5.43 Å². The summed E-state index contributed by atoms with van der Waals surface area (Å²) in [5, 5.41) is 1.32. The summed E-state index contributed by atoms with van der Waals surface area (Å²) in [7, 11) is 0. The fraction of sp³-hybridized carbons (Fsp3) is 0.467. The van der Waals surface area contributed by atoms with E-state index < -0.39 is 0 Å². The van der Waals surface area contributed by atoms with Gasteiger partial charge in [-0.1, -0.05) is 18.2 Å². The number of hydrazine groups is 1. The summed E-state index contributed by atoms with van der Waals surface area (Å²) in [4.78, 5) is 3.37. The van der Waals surface area contributed by atoms with E-state index in [0.29, 0.717) is 24.0 Å². The maximum atomic E-state index is 6.16. The predicted molar refractivity (Wildman–Crippen MR) is 76.4 cm³/mol. The van der Waals surface area contributed by atoms with E-state index >= 15 is 0 Å². The van der Waals surface area contributed by atoms with Crippen LogP contribution < -0.4 is 16.6 Å². The van der Waals surface area contributed by atoms with Crippen LogP contribution in [0.4, 0.5) is 0 Å². The molecule has 2 aliphatic rings. The first-order valence-electron chi connectivity index (χ1n) is 7.15. The summed E-state index contributed by atoms with van der Waals surface area (Å²) in [5.74, 6) is 0.600. The van der Waals surface area contributed by atoms with Crippen LogP contribution >= 0.6 is 0 Å². The summed E-state index contributed by atoms with van der Waals surface area (Å²) in [6, 6.07) is 9.79. The van der Waals surface area contributed by atoms with Crippen LogP contribution in [0.3, 0.4) is 0 Å². The number of aromatic amines is 1. The molecule has 1 aliphatic heterocycles. The van der Waals surface area contributed by atoms with E-state index in [9.17, 15) is 0 Å². The molecule has 4 rings (SSSR count). The Morgan fingerprint density at radius 2 is 2.00 bits per heavy atom. The molecule has 4 unspecified atom stereocenters. The Bertz CT molecular complexity index is 591. The van der Waals surface area contributed by atoms with E-state index in [0.717, 1.165) is 12.8 Å².